The molecule has 0 radical (unpaired) electrons. The summed E-state index contributed by atoms with van der Waals surface area (Å²) in [6, 6.07) is 20.0. The van der Waals surface area contributed by atoms with Crippen LogP contribution < -0.4 is 9.64 Å². The van der Waals surface area contributed by atoms with E-state index in [4.69, 9.17) is 34.5 Å². The van der Waals surface area contributed by atoms with Crippen molar-refractivity contribution < 1.29 is 9.53 Å². The quantitative estimate of drug-likeness (QED) is 0.258. The SMILES string of the molecule is [C-]#[N+]c1ccc(Cn2cncc2CN2CCN(c3cccc(Cl)c3)C(=O)C2)cc1Oc1cccc(Cl)c1. The fraction of sp³-hybridized carbons (Fsp3) is 0.179. The average molecular weight is 532 g/mol. The Morgan fingerprint density at radius 2 is 1.78 bits per heavy atom. The summed E-state index contributed by atoms with van der Waals surface area (Å²) in [7, 11) is 0. The molecule has 186 valence electrons. The van der Waals surface area contributed by atoms with Gasteiger partial charge in [-0.25, -0.2) is 9.83 Å². The van der Waals surface area contributed by atoms with Crippen LogP contribution in [0.25, 0.3) is 4.85 Å². The van der Waals surface area contributed by atoms with Crippen LogP contribution in [0.15, 0.2) is 79.3 Å². The van der Waals surface area contributed by atoms with E-state index >= 15 is 0 Å². The molecule has 0 spiro atoms. The molecule has 37 heavy (non-hydrogen) atoms. The second-order valence-corrected chi connectivity index (χ2v) is 9.59. The van der Waals surface area contributed by atoms with Gasteiger partial charge in [0.05, 0.1) is 25.1 Å². The molecule has 3 aromatic carbocycles. The number of piperazine rings is 1. The number of imidazole rings is 1. The Morgan fingerprint density at radius 3 is 2.54 bits per heavy atom. The molecular weight excluding hydrogens is 509 g/mol. The topological polar surface area (TPSA) is 55.0 Å². The number of halogens is 2. The first-order valence-electron chi connectivity index (χ1n) is 11.7. The van der Waals surface area contributed by atoms with Crippen molar-refractivity contribution >= 4 is 40.5 Å². The third kappa shape index (κ3) is 5.95. The van der Waals surface area contributed by atoms with Gasteiger partial charge < -0.3 is 14.2 Å². The summed E-state index contributed by atoms with van der Waals surface area (Å²) in [6.07, 6.45) is 3.60. The van der Waals surface area contributed by atoms with E-state index in [9.17, 15) is 4.79 Å². The maximum Gasteiger partial charge on any atom is 0.241 e. The van der Waals surface area contributed by atoms with Gasteiger partial charge in [0.2, 0.25) is 11.6 Å². The number of nitrogens with zero attached hydrogens (tertiary/aromatic N) is 5. The molecule has 1 aliphatic heterocycles. The minimum Gasteiger partial charge on any atom is -0.468 e. The molecule has 0 N–H and O–H groups in total. The highest BCUT2D eigenvalue weighted by molar-refractivity contribution is 6.31. The van der Waals surface area contributed by atoms with E-state index < -0.39 is 0 Å². The van der Waals surface area contributed by atoms with Crippen LogP contribution in [0, 0.1) is 6.57 Å². The highest BCUT2D eigenvalue weighted by Gasteiger charge is 2.26. The first kappa shape index (κ1) is 24.8. The number of hydrogen-bond acceptors (Lipinski definition) is 4. The van der Waals surface area contributed by atoms with Crippen molar-refractivity contribution in [2.45, 2.75) is 13.1 Å². The standard InChI is InChI=1S/C28H23Cl2N5O2/c1-31-26-9-8-20(12-27(26)37-25-7-3-5-22(30)14-25)16-34-19-32-15-24(34)17-33-10-11-35(28(36)18-33)23-6-2-4-21(29)13-23/h2-9,12-15,19H,10-11,16-18H2. The summed E-state index contributed by atoms with van der Waals surface area (Å²) in [5.41, 5.74) is 3.20. The third-order valence-electron chi connectivity index (χ3n) is 6.13. The molecule has 1 saturated heterocycles. The van der Waals surface area contributed by atoms with E-state index in [1.807, 2.05) is 41.1 Å². The molecule has 0 saturated carbocycles. The summed E-state index contributed by atoms with van der Waals surface area (Å²) >= 11 is 12.2. The first-order chi connectivity index (χ1) is 18.0. The van der Waals surface area contributed by atoms with Crippen LogP contribution in [0.1, 0.15) is 11.3 Å². The van der Waals surface area contributed by atoms with Crippen LogP contribution in [-0.4, -0.2) is 40.0 Å². The number of benzene rings is 3. The molecule has 0 bridgehead atoms. The van der Waals surface area contributed by atoms with E-state index in [0.717, 1.165) is 23.5 Å². The number of rotatable bonds is 7. The zero-order valence-corrected chi connectivity index (χ0v) is 21.4. The first-order valence-corrected chi connectivity index (χ1v) is 12.5. The van der Waals surface area contributed by atoms with Crippen molar-refractivity contribution in [1.82, 2.24) is 14.5 Å². The van der Waals surface area contributed by atoms with Gasteiger partial charge in [-0.15, -0.1) is 0 Å². The molecule has 1 amide bonds. The van der Waals surface area contributed by atoms with Crippen LogP contribution >= 0.6 is 23.2 Å². The van der Waals surface area contributed by atoms with Gasteiger partial charge in [-0.1, -0.05) is 47.5 Å². The van der Waals surface area contributed by atoms with Gasteiger partial charge in [0.15, 0.2) is 0 Å². The largest absolute Gasteiger partial charge is 0.468 e. The number of ether oxygens (including phenoxy) is 1. The smallest absolute Gasteiger partial charge is 0.241 e. The lowest BCUT2D eigenvalue weighted by molar-refractivity contribution is -0.121. The van der Waals surface area contributed by atoms with Gasteiger partial charge >= 0.3 is 0 Å². The lowest BCUT2D eigenvalue weighted by Crippen LogP contribution is -2.50. The molecule has 1 fully saturated rings. The predicted molar refractivity (Wildman–Crippen MR) is 145 cm³/mol. The van der Waals surface area contributed by atoms with Crippen molar-refractivity contribution in [1.29, 1.82) is 0 Å². The summed E-state index contributed by atoms with van der Waals surface area (Å²) in [6.45, 7) is 10.3. The molecule has 7 nitrogen and oxygen atoms in total. The van der Waals surface area contributed by atoms with Crippen molar-refractivity contribution in [3.05, 3.63) is 112 Å². The van der Waals surface area contributed by atoms with E-state index in [-0.39, 0.29) is 5.91 Å². The molecule has 4 aromatic rings. The lowest BCUT2D eigenvalue weighted by Gasteiger charge is -2.34. The van der Waals surface area contributed by atoms with Crippen LogP contribution in [-0.2, 0) is 17.9 Å². The minimum atomic E-state index is 0.0390. The highest BCUT2D eigenvalue weighted by Crippen LogP contribution is 2.34. The van der Waals surface area contributed by atoms with Gasteiger partial charge in [-0.2, -0.15) is 0 Å². The summed E-state index contributed by atoms with van der Waals surface area (Å²) in [5.74, 6) is 1.08. The van der Waals surface area contributed by atoms with Gasteiger partial charge in [-0.05, 0) is 48.0 Å². The van der Waals surface area contributed by atoms with Crippen LogP contribution in [0.4, 0.5) is 11.4 Å². The fourth-order valence-corrected chi connectivity index (χ4v) is 4.68. The second-order valence-electron chi connectivity index (χ2n) is 8.72. The number of carbonyl (C=O) groups is 1. The molecule has 9 heteroatoms. The molecule has 0 aliphatic carbocycles. The summed E-state index contributed by atoms with van der Waals surface area (Å²) < 4.78 is 8.02. The Hall–Kier alpha value is -3.83. The summed E-state index contributed by atoms with van der Waals surface area (Å²) in [4.78, 5) is 24.7. The van der Waals surface area contributed by atoms with E-state index in [1.54, 1.807) is 47.6 Å². The van der Waals surface area contributed by atoms with Crippen LogP contribution in [0.2, 0.25) is 10.0 Å². The molecule has 0 atom stereocenters. The average Bonchev–Trinajstić information content (AvgIpc) is 3.30. The van der Waals surface area contributed by atoms with Crippen LogP contribution in [0.3, 0.4) is 0 Å². The van der Waals surface area contributed by atoms with Gasteiger partial charge in [0, 0.05) is 48.1 Å². The minimum absolute atomic E-state index is 0.0390. The molecule has 0 unspecified atom stereocenters. The second kappa shape index (κ2) is 11.1. The Kier molecular flexibility index (Phi) is 7.42. The highest BCUT2D eigenvalue weighted by atomic mass is 35.5. The van der Waals surface area contributed by atoms with Gasteiger partial charge in [-0.3, -0.25) is 9.69 Å². The number of anilines is 1. The Labute approximate surface area is 225 Å². The molecule has 2 heterocycles. The monoisotopic (exact) mass is 531 g/mol. The van der Waals surface area contributed by atoms with E-state index in [2.05, 4.69) is 14.7 Å². The van der Waals surface area contributed by atoms with Crippen LogP contribution in [0.5, 0.6) is 11.5 Å². The normalized spacial score (nSPS) is 14.0. The lowest BCUT2D eigenvalue weighted by atomic mass is 10.2. The zero-order valence-electron chi connectivity index (χ0n) is 19.8. The number of aromatic nitrogens is 2. The van der Waals surface area contributed by atoms with Gasteiger partial charge in [0.25, 0.3) is 0 Å². The van der Waals surface area contributed by atoms with Crippen molar-refractivity contribution in [3.8, 4) is 11.5 Å². The summed E-state index contributed by atoms with van der Waals surface area (Å²) in [5, 5.41) is 1.18. The third-order valence-corrected chi connectivity index (χ3v) is 6.60. The zero-order chi connectivity index (χ0) is 25.8. The maximum absolute atomic E-state index is 12.9. The number of hydrogen-bond donors (Lipinski definition) is 0. The van der Waals surface area contributed by atoms with Crippen molar-refractivity contribution in [2.24, 2.45) is 0 Å². The van der Waals surface area contributed by atoms with E-state index in [1.165, 1.54) is 0 Å². The number of amides is 1. The molecule has 1 aliphatic rings. The Morgan fingerprint density at radius 1 is 0.973 bits per heavy atom. The van der Waals surface area contributed by atoms with Crippen molar-refractivity contribution in [3.63, 3.8) is 0 Å². The van der Waals surface area contributed by atoms with Gasteiger partial charge in [0.1, 0.15) is 11.5 Å². The molecule has 1 aromatic heterocycles. The Balaban J connectivity index is 1.27. The van der Waals surface area contributed by atoms with Crippen molar-refractivity contribution in [2.75, 3.05) is 24.5 Å². The molecule has 5 rings (SSSR count). The predicted octanol–water partition coefficient (Wildman–Crippen LogP) is 6.43. The Bertz CT molecular complexity index is 1480. The maximum atomic E-state index is 12.9. The fourth-order valence-electron chi connectivity index (χ4n) is 4.31. The number of carbonyl (C=O) groups excluding carboxylic acids is 1. The van der Waals surface area contributed by atoms with E-state index in [0.29, 0.717) is 53.4 Å². The molecular formula is C28H23Cl2N5O2.